The van der Waals surface area contributed by atoms with Gasteiger partial charge in [-0.1, -0.05) is 45.0 Å². The summed E-state index contributed by atoms with van der Waals surface area (Å²) in [5.41, 5.74) is 3.05. The SMILES string of the molecule is CCn1cnnc1CCNC(=O)c1ccc(COc2ccc(C(C)(C)C)cc2)cc1. The van der Waals surface area contributed by atoms with Crippen LogP contribution in [0.4, 0.5) is 0 Å². The van der Waals surface area contributed by atoms with E-state index in [0.29, 0.717) is 25.1 Å². The highest BCUT2D eigenvalue weighted by Gasteiger charge is 2.13. The highest BCUT2D eigenvalue weighted by atomic mass is 16.5. The van der Waals surface area contributed by atoms with Crippen LogP contribution in [0.25, 0.3) is 0 Å². The van der Waals surface area contributed by atoms with Crippen molar-refractivity contribution in [1.82, 2.24) is 20.1 Å². The van der Waals surface area contributed by atoms with E-state index in [-0.39, 0.29) is 11.3 Å². The Morgan fingerprint density at radius 1 is 1.07 bits per heavy atom. The van der Waals surface area contributed by atoms with Crippen LogP contribution in [0.5, 0.6) is 5.75 Å². The fourth-order valence-electron chi connectivity index (χ4n) is 3.10. The lowest BCUT2D eigenvalue weighted by Gasteiger charge is -2.19. The standard InChI is InChI=1S/C24H30N4O2/c1-5-28-17-26-27-22(28)14-15-25-23(29)19-8-6-18(7-9-19)16-30-21-12-10-20(11-13-21)24(2,3)4/h6-13,17H,5,14-16H2,1-4H3,(H,25,29). The summed E-state index contributed by atoms with van der Waals surface area (Å²) in [4.78, 5) is 12.3. The van der Waals surface area contributed by atoms with Crippen LogP contribution in [0.15, 0.2) is 54.9 Å². The first-order valence-corrected chi connectivity index (χ1v) is 10.3. The number of nitrogens with zero attached hydrogens (tertiary/aromatic N) is 3. The lowest BCUT2D eigenvalue weighted by atomic mass is 9.87. The number of nitrogens with one attached hydrogen (secondary N) is 1. The van der Waals surface area contributed by atoms with Crippen molar-refractivity contribution in [2.75, 3.05) is 6.54 Å². The van der Waals surface area contributed by atoms with Crippen LogP contribution in [0.1, 0.15) is 55.0 Å². The summed E-state index contributed by atoms with van der Waals surface area (Å²) in [7, 11) is 0. The number of aromatic nitrogens is 3. The van der Waals surface area contributed by atoms with E-state index < -0.39 is 0 Å². The molecule has 1 aromatic heterocycles. The first-order valence-electron chi connectivity index (χ1n) is 10.3. The summed E-state index contributed by atoms with van der Waals surface area (Å²) in [6.45, 7) is 10.4. The number of rotatable bonds is 8. The minimum absolute atomic E-state index is 0.0946. The molecule has 0 aliphatic heterocycles. The zero-order valence-corrected chi connectivity index (χ0v) is 18.2. The Labute approximate surface area is 178 Å². The summed E-state index contributed by atoms with van der Waals surface area (Å²) in [5.74, 6) is 1.62. The second-order valence-corrected chi connectivity index (χ2v) is 8.30. The number of carbonyl (C=O) groups excluding carboxylic acids is 1. The van der Waals surface area contributed by atoms with Gasteiger partial charge in [0, 0.05) is 25.1 Å². The molecule has 158 valence electrons. The molecule has 1 N–H and O–H groups in total. The molecule has 2 aromatic carbocycles. The van der Waals surface area contributed by atoms with E-state index in [2.05, 4.69) is 48.4 Å². The Morgan fingerprint density at radius 2 is 1.77 bits per heavy atom. The van der Waals surface area contributed by atoms with Gasteiger partial charge in [0.2, 0.25) is 0 Å². The van der Waals surface area contributed by atoms with Crippen LogP contribution in [-0.4, -0.2) is 27.2 Å². The zero-order valence-electron chi connectivity index (χ0n) is 18.2. The van der Waals surface area contributed by atoms with Gasteiger partial charge in [0.05, 0.1) is 0 Å². The first-order chi connectivity index (χ1) is 14.4. The molecule has 1 heterocycles. The maximum absolute atomic E-state index is 12.3. The summed E-state index contributed by atoms with van der Waals surface area (Å²) >= 11 is 0. The highest BCUT2D eigenvalue weighted by Crippen LogP contribution is 2.24. The smallest absolute Gasteiger partial charge is 0.251 e. The molecule has 3 aromatic rings. The van der Waals surface area contributed by atoms with Crippen LogP contribution in [0, 0.1) is 0 Å². The third-order valence-corrected chi connectivity index (χ3v) is 5.01. The van der Waals surface area contributed by atoms with E-state index in [1.165, 1.54) is 5.56 Å². The van der Waals surface area contributed by atoms with Crippen molar-refractivity contribution < 1.29 is 9.53 Å². The van der Waals surface area contributed by atoms with Crippen LogP contribution < -0.4 is 10.1 Å². The predicted molar refractivity (Wildman–Crippen MR) is 118 cm³/mol. The number of carbonyl (C=O) groups is 1. The average Bonchev–Trinajstić information content (AvgIpc) is 3.20. The molecule has 0 radical (unpaired) electrons. The van der Waals surface area contributed by atoms with Crippen molar-refractivity contribution in [3.8, 4) is 5.75 Å². The maximum atomic E-state index is 12.3. The summed E-state index contributed by atoms with van der Waals surface area (Å²) in [6.07, 6.45) is 2.36. The molecule has 3 rings (SSSR count). The number of amides is 1. The molecular weight excluding hydrogens is 376 g/mol. The van der Waals surface area contributed by atoms with E-state index in [9.17, 15) is 4.79 Å². The monoisotopic (exact) mass is 406 g/mol. The van der Waals surface area contributed by atoms with Gasteiger partial charge in [0.25, 0.3) is 5.91 Å². The van der Waals surface area contributed by atoms with Gasteiger partial charge in [-0.05, 0) is 47.7 Å². The van der Waals surface area contributed by atoms with E-state index in [1.807, 2.05) is 47.9 Å². The third-order valence-electron chi connectivity index (χ3n) is 5.01. The van der Waals surface area contributed by atoms with E-state index in [0.717, 1.165) is 23.7 Å². The maximum Gasteiger partial charge on any atom is 0.251 e. The Morgan fingerprint density at radius 3 is 2.40 bits per heavy atom. The second kappa shape index (κ2) is 9.57. The molecule has 1 amide bonds. The Kier molecular flexibility index (Phi) is 6.87. The Balaban J connectivity index is 1.47. The van der Waals surface area contributed by atoms with E-state index in [1.54, 1.807) is 6.33 Å². The van der Waals surface area contributed by atoms with Gasteiger partial charge in [-0.3, -0.25) is 4.79 Å². The fourth-order valence-corrected chi connectivity index (χ4v) is 3.10. The molecule has 0 aliphatic carbocycles. The topological polar surface area (TPSA) is 69.0 Å². The van der Waals surface area contributed by atoms with Crippen LogP contribution in [0.3, 0.4) is 0 Å². The van der Waals surface area contributed by atoms with Gasteiger partial charge in [0.1, 0.15) is 24.5 Å². The minimum Gasteiger partial charge on any atom is -0.489 e. The van der Waals surface area contributed by atoms with Gasteiger partial charge < -0.3 is 14.6 Å². The van der Waals surface area contributed by atoms with Crippen molar-refractivity contribution in [1.29, 1.82) is 0 Å². The van der Waals surface area contributed by atoms with Crippen molar-refractivity contribution in [2.45, 2.75) is 52.7 Å². The summed E-state index contributed by atoms with van der Waals surface area (Å²) in [6, 6.07) is 15.7. The number of hydrogen-bond acceptors (Lipinski definition) is 4. The van der Waals surface area contributed by atoms with Gasteiger partial charge in [-0.2, -0.15) is 0 Å². The van der Waals surface area contributed by atoms with Crippen molar-refractivity contribution in [2.24, 2.45) is 0 Å². The highest BCUT2D eigenvalue weighted by molar-refractivity contribution is 5.94. The number of hydrogen-bond donors (Lipinski definition) is 1. The summed E-state index contributed by atoms with van der Waals surface area (Å²) in [5, 5.41) is 10.9. The molecule has 0 spiro atoms. The van der Waals surface area contributed by atoms with Crippen LogP contribution in [-0.2, 0) is 25.0 Å². The van der Waals surface area contributed by atoms with Crippen LogP contribution in [0.2, 0.25) is 0 Å². The molecular formula is C24H30N4O2. The van der Waals surface area contributed by atoms with Crippen LogP contribution >= 0.6 is 0 Å². The third kappa shape index (κ3) is 5.69. The quantitative estimate of drug-likeness (QED) is 0.610. The molecule has 0 saturated heterocycles. The normalized spacial score (nSPS) is 11.3. The largest absolute Gasteiger partial charge is 0.489 e. The summed E-state index contributed by atoms with van der Waals surface area (Å²) < 4.78 is 7.84. The van der Waals surface area contributed by atoms with Crippen molar-refractivity contribution >= 4 is 5.91 Å². The molecule has 0 fully saturated rings. The average molecular weight is 407 g/mol. The number of benzene rings is 2. The second-order valence-electron chi connectivity index (χ2n) is 8.30. The molecule has 30 heavy (non-hydrogen) atoms. The fraction of sp³-hybridized carbons (Fsp3) is 0.375. The van der Waals surface area contributed by atoms with Gasteiger partial charge >= 0.3 is 0 Å². The van der Waals surface area contributed by atoms with Gasteiger partial charge in [-0.15, -0.1) is 10.2 Å². The number of aryl methyl sites for hydroxylation is 1. The molecule has 0 bridgehead atoms. The Bertz CT molecular complexity index is 954. The molecule has 0 saturated carbocycles. The zero-order chi connectivity index (χ0) is 21.6. The predicted octanol–water partition coefficient (Wildman–Crippen LogP) is 4.15. The van der Waals surface area contributed by atoms with Gasteiger partial charge in [0.15, 0.2) is 0 Å². The van der Waals surface area contributed by atoms with Gasteiger partial charge in [-0.25, -0.2) is 0 Å². The van der Waals surface area contributed by atoms with Crippen molar-refractivity contribution in [3.05, 3.63) is 77.4 Å². The molecule has 6 heteroatoms. The van der Waals surface area contributed by atoms with E-state index in [4.69, 9.17) is 4.74 Å². The molecule has 0 aliphatic rings. The molecule has 0 unspecified atom stereocenters. The Hall–Kier alpha value is -3.15. The first kappa shape index (κ1) is 21.6. The van der Waals surface area contributed by atoms with E-state index >= 15 is 0 Å². The lowest BCUT2D eigenvalue weighted by molar-refractivity contribution is 0.0954. The minimum atomic E-state index is -0.0946. The van der Waals surface area contributed by atoms with Crippen molar-refractivity contribution in [3.63, 3.8) is 0 Å². The number of ether oxygens (including phenoxy) is 1. The molecule has 6 nitrogen and oxygen atoms in total. The molecule has 0 atom stereocenters. The lowest BCUT2D eigenvalue weighted by Crippen LogP contribution is -2.26.